The second-order valence-corrected chi connectivity index (χ2v) is 2.95. The Hall–Kier alpha value is -1.24. The van der Waals surface area contributed by atoms with Gasteiger partial charge in [0.1, 0.15) is 5.75 Å². The molecule has 2 N–H and O–H groups in total. The zero-order valence-electron chi connectivity index (χ0n) is 6.92. The van der Waals surface area contributed by atoms with Crippen LogP contribution in [0.5, 0.6) is 5.75 Å². The number of aromatic hydroxyl groups is 1. The van der Waals surface area contributed by atoms with Crippen LogP contribution >= 0.6 is 11.6 Å². The first-order chi connectivity index (χ1) is 6.24. The normalized spacial score (nSPS) is 9.54. The number of nitrogens with zero attached hydrogens (tertiary/aromatic N) is 1. The number of nitriles is 1. The molecule has 0 fully saturated rings. The number of phenols is 1. The average molecular weight is 197 g/mol. The van der Waals surface area contributed by atoms with Gasteiger partial charge in [-0.1, -0.05) is 17.7 Å². The van der Waals surface area contributed by atoms with Gasteiger partial charge in [0.25, 0.3) is 0 Å². The van der Waals surface area contributed by atoms with Crippen LogP contribution in [0.15, 0.2) is 18.2 Å². The molecule has 0 aliphatic heterocycles. The maximum atomic E-state index is 9.11. The highest BCUT2D eigenvalue weighted by Crippen LogP contribution is 2.23. The molecule has 1 aromatic carbocycles. The van der Waals surface area contributed by atoms with Crippen molar-refractivity contribution in [1.82, 2.24) is 5.32 Å². The average Bonchev–Trinajstić information content (AvgIpc) is 2.12. The van der Waals surface area contributed by atoms with E-state index in [0.717, 1.165) is 5.56 Å². The molecule has 3 nitrogen and oxygen atoms in total. The van der Waals surface area contributed by atoms with Gasteiger partial charge in [-0.25, -0.2) is 0 Å². The van der Waals surface area contributed by atoms with Crippen molar-refractivity contribution in [1.29, 1.82) is 5.26 Å². The predicted molar refractivity (Wildman–Crippen MR) is 50.4 cm³/mol. The summed E-state index contributed by atoms with van der Waals surface area (Å²) in [6, 6.07) is 6.93. The van der Waals surface area contributed by atoms with Crippen molar-refractivity contribution in [2.75, 3.05) is 6.54 Å². The van der Waals surface area contributed by atoms with Gasteiger partial charge in [-0.3, -0.25) is 0 Å². The predicted octanol–water partition coefficient (Wildman–Crippen LogP) is 1.66. The third kappa shape index (κ3) is 2.94. The SMILES string of the molecule is N#CCNCc1ccc(O)c(Cl)c1. The molecule has 0 heterocycles. The van der Waals surface area contributed by atoms with E-state index >= 15 is 0 Å². The second kappa shape index (κ2) is 4.70. The van der Waals surface area contributed by atoms with Crippen LogP contribution < -0.4 is 5.32 Å². The van der Waals surface area contributed by atoms with Gasteiger partial charge >= 0.3 is 0 Å². The molecule has 0 amide bonds. The van der Waals surface area contributed by atoms with Gasteiger partial charge in [0.15, 0.2) is 0 Å². The topological polar surface area (TPSA) is 56.0 Å². The van der Waals surface area contributed by atoms with Gasteiger partial charge in [-0.15, -0.1) is 0 Å². The van der Waals surface area contributed by atoms with Crippen molar-refractivity contribution in [3.05, 3.63) is 28.8 Å². The second-order valence-electron chi connectivity index (χ2n) is 2.55. The van der Waals surface area contributed by atoms with E-state index in [0.29, 0.717) is 18.1 Å². The highest BCUT2D eigenvalue weighted by atomic mass is 35.5. The summed E-state index contributed by atoms with van der Waals surface area (Å²) in [6.07, 6.45) is 0. The maximum absolute atomic E-state index is 9.11. The summed E-state index contributed by atoms with van der Waals surface area (Å²) in [5, 5.41) is 20.6. The molecule has 0 atom stereocenters. The third-order valence-electron chi connectivity index (χ3n) is 1.55. The lowest BCUT2D eigenvalue weighted by atomic mass is 10.2. The van der Waals surface area contributed by atoms with Crippen molar-refractivity contribution in [2.45, 2.75) is 6.54 Å². The first-order valence-electron chi connectivity index (χ1n) is 3.79. The molecule has 13 heavy (non-hydrogen) atoms. The van der Waals surface area contributed by atoms with Crippen molar-refractivity contribution in [3.63, 3.8) is 0 Å². The summed E-state index contributed by atoms with van der Waals surface area (Å²) in [7, 11) is 0. The van der Waals surface area contributed by atoms with E-state index in [2.05, 4.69) is 5.32 Å². The summed E-state index contributed by atoms with van der Waals surface area (Å²) in [6.45, 7) is 0.881. The van der Waals surface area contributed by atoms with Gasteiger partial charge in [0.05, 0.1) is 17.6 Å². The van der Waals surface area contributed by atoms with E-state index in [1.807, 2.05) is 6.07 Å². The van der Waals surface area contributed by atoms with E-state index in [9.17, 15) is 0 Å². The Morgan fingerprint density at radius 3 is 2.92 bits per heavy atom. The lowest BCUT2D eigenvalue weighted by Crippen LogP contribution is -2.12. The summed E-state index contributed by atoms with van der Waals surface area (Å²) >= 11 is 5.68. The molecule has 0 aliphatic carbocycles. The van der Waals surface area contributed by atoms with Crippen molar-refractivity contribution in [3.8, 4) is 11.8 Å². The van der Waals surface area contributed by atoms with Crippen LogP contribution in [0.4, 0.5) is 0 Å². The van der Waals surface area contributed by atoms with Crippen LogP contribution in [0.1, 0.15) is 5.56 Å². The summed E-state index contributed by atoms with van der Waals surface area (Å²) in [4.78, 5) is 0. The fraction of sp³-hybridized carbons (Fsp3) is 0.222. The number of nitrogens with one attached hydrogen (secondary N) is 1. The first-order valence-corrected chi connectivity index (χ1v) is 4.17. The molecule has 0 aliphatic rings. The van der Waals surface area contributed by atoms with Crippen molar-refractivity contribution < 1.29 is 5.11 Å². The monoisotopic (exact) mass is 196 g/mol. The lowest BCUT2D eigenvalue weighted by molar-refractivity contribution is 0.475. The van der Waals surface area contributed by atoms with Gasteiger partial charge < -0.3 is 10.4 Å². The van der Waals surface area contributed by atoms with E-state index < -0.39 is 0 Å². The first kappa shape index (κ1) is 9.85. The van der Waals surface area contributed by atoms with Gasteiger partial charge in [-0.05, 0) is 17.7 Å². The smallest absolute Gasteiger partial charge is 0.134 e. The molecule has 0 saturated heterocycles. The molecule has 0 radical (unpaired) electrons. The summed E-state index contributed by atoms with van der Waals surface area (Å²) < 4.78 is 0. The number of hydrogen-bond donors (Lipinski definition) is 2. The molecule has 0 bridgehead atoms. The Kier molecular flexibility index (Phi) is 3.56. The number of rotatable bonds is 3. The standard InChI is InChI=1S/C9H9ClN2O/c10-8-5-7(1-2-9(8)13)6-12-4-3-11/h1-2,5,12-13H,4,6H2. The molecule has 0 unspecified atom stereocenters. The molecule has 0 spiro atoms. The fourth-order valence-corrected chi connectivity index (χ4v) is 1.13. The third-order valence-corrected chi connectivity index (χ3v) is 1.85. The molecule has 68 valence electrons. The molecule has 4 heteroatoms. The highest BCUT2D eigenvalue weighted by molar-refractivity contribution is 6.32. The number of benzene rings is 1. The van der Waals surface area contributed by atoms with E-state index in [1.54, 1.807) is 12.1 Å². The summed E-state index contributed by atoms with van der Waals surface area (Å²) in [5.41, 5.74) is 0.943. The largest absolute Gasteiger partial charge is 0.506 e. The van der Waals surface area contributed by atoms with E-state index in [1.165, 1.54) is 6.07 Å². The minimum atomic E-state index is 0.0747. The lowest BCUT2D eigenvalue weighted by Gasteiger charge is -2.02. The minimum absolute atomic E-state index is 0.0747. The van der Waals surface area contributed by atoms with Crippen LogP contribution in [0.2, 0.25) is 5.02 Å². The zero-order chi connectivity index (χ0) is 9.68. The Labute approximate surface area is 81.6 Å². The van der Waals surface area contributed by atoms with Gasteiger partial charge in [0, 0.05) is 6.54 Å². The van der Waals surface area contributed by atoms with Crippen LogP contribution in [0.3, 0.4) is 0 Å². The highest BCUT2D eigenvalue weighted by Gasteiger charge is 1.98. The fourth-order valence-electron chi connectivity index (χ4n) is 0.923. The Morgan fingerprint density at radius 1 is 1.54 bits per heavy atom. The Bertz CT molecular complexity index is 333. The number of phenolic OH excluding ortho intramolecular Hbond substituents is 1. The van der Waals surface area contributed by atoms with Crippen LogP contribution in [-0.4, -0.2) is 11.7 Å². The van der Waals surface area contributed by atoms with E-state index in [-0.39, 0.29) is 5.75 Å². The van der Waals surface area contributed by atoms with Crippen molar-refractivity contribution in [2.24, 2.45) is 0 Å². The minimum Gasteiger partial charge on any atom is -0.506 e. The number of halogens is 1. The van der Waals surface area contributed by atoms with Crippen LogP contribution in [-0.2, 0) is 6.54 Å². The van der Waals surface area contributed by atoms with Gasteiger partial charge in [0.2, 0.25) is 0 Å². The van der Waals surface area contributed by atoms with Gasteiger partial charge in [-0.2, -0.15) is 5.26 Å². The van der Waals surface area contributed by atoms with Crippen molar-refractivity contribution >= 4 is 11.6 Å². The Morgan fingerprint density at radius 2 is 2.31 bits per heavy atom. The molecule has 0 aromatic heterocycles. The molecular weight excluding hydrogens is 188 g/mol. The van der Waals surface area contributed by atoms with Crippen LogP contribution in [0.25, 0.3) is 0 Å². The molecule has 0 saturated carbocycles. The molecular formula is C9H9ClN2O. The molecule has 1 aromatic rings. The Balaban J connectivity index is 2.59. The summed E-state index contributed by atoms with van der Waals surface area (Å²) in [5.74, 6) is 0.0747. The van der Waals surface area contributed by atoms with Crippen LogP contribution in [0, 0.1) is 11.3 Å². The maximum Gasteiger partial charge on any atom is 0.134 e. The zero-order valence-corrected chi connectivity index (χ0v) is 7.67. The quantitative estimate of drug-likeness (QED) is 0.571. The van der Waals surface area contributed by atoms with E-state index in [4.69, 9.17) is 22.0 Å². The molecule has 1 rings (SSSR count). The number of hydrogen-bond acceptors (Lipinski definition) is 3.